The van der Waals surface area contributed by atoms with Gasteiger partial charge in [-0.05, 0) is 12.5 Å². The fourth-order valence-corrected chi connectivity index (χ4v) is 1.05. The Kier molecular flexibility index (Phi) is 2.64. The molecule has 0 aromatic heterocycles. The van der Waals surface area contributed by atoms with Crippen molar-refractivity contribution in [1.29, 1.82) is 0 Å². The van der Waals surface area contributed by atoms with Crippen molar-refractivity contribution in [3.05, 3.63) is 35.4 Å². The van der Waals surface area contributed by atoms with Crippen LogP contribution in [0.1, 0.15) is 11.1 Å². The summed E-state index contributed by atoms with van der Waals surface area (Å²) in [5.74, 6) is -1.24. The first-order valence-corrected chi connectivity index (χ1v) is 3.68. The van der Waals surface area contributed by atoms with Gasteiger partial charge < -0.3 is 10.3 Å². The molecule has 1 aromatic rings. The van der Waals surface area contributed by atoms with Crippen LogP contribution in [-0.2, 0) is 4.79 Å². The summed E-state index contributed by atoms with van der Waals surface area (Å²) in [6.45, 7) is 1.75. The maximum atomic E-state index is 10.6. The lowest BCUT2D eigenvalue weighted by Crippen LogP contribution is -2.15. The van der Waals surface area contributed by atoms with Crippen LogP contribution < -0.4 is 0 Å². The van der Waals surface area contributed by atoms with Gasteiger partial charge in [-0.15, -0.1) is 0 Å². The normalized spacial score (nSPS) is 11.3. The van der Waals surface area contributed by atoms with E-state index >= 15 is 0 Å². The van der Waals surface area contributed by atoms with Crippen LogP contribution in [0.5, 0.6) is 0 Å². The number of hydrogen-bond donors (Lipinski definition) is 2. The monoisotopic (exact) mass is 179 g/mol. The highest BCUT2D eigenvalue weighted by atomic mass is 16.4. The molecule has 0 aliphatic rings. The summed E-state index contributed by atoms with van der Waals surface area (Å²) < 4.78 is 0. The number of aryl methyl sites for hydroxylation is 1. The van der Waals surface area contributed by atoms with Crippen LogP contribution in [0.2, 0.25) is 0 Å². The molecule has 68 valence electrons. The quantitative estimate of drug-likeness (QED) is 0.408. The van der Waals surface area contributed by atoms with E-state index in [4.69, 9.17) is 10.3 Å². The summed E-state index contributed by atoms with van der Waals surface area (Å²) in [6.07, 6.45) is 0. The van der Waals surface area contributed by atoms with E-state index in [1.807, 2.05) is 0 Å². The second-order valence-electron chi connectivity index (χ2n) is 2.57. The van der Waals surface area contributed by atoms with Crippen molar-refractivity contribution >= 4 is 11.7 Å². The van der Waals surface area contributed by atoms with Crippen LogP contribution in [0.15, 0.2) is 29.4 Å². The van der Waals surface area contributed by atoms with E-state index in [9.17, 15) is 4.79 Å². The van der Waals surface area contributed by atoms with E-state index in [1.54, 1.807) is 31.2 Å². The molecule has 0 spiro atoms. The topological polar surface area (TPSA) is 69.9 Å². The molecular weight excluding hydrogens is 170 g/mol. The number of aliphatic carboxylic acids is 1. The number of rotatable bonds is 2. The second kappa shape index (κ2) is 3.71. The molecule has 1 rings (SSSR count). The van der Waals surface area contributed by atoms with Gasteiger partial charge in [0, 0.05) is 5.56 Å². The number of benzene rings is 1. The van der Waals surface area contributed by atoms with Gasteiger partial charge in [0.25, 0.3) is 0 Å². The minimum absolute atomic E-state index is 0.335. The van der Waals surface area contributed by atoms with Gasteiger partial charge in [0.15, 0.2) is 5.71 Å². The van der Waals surface area contributed by atoms with Gasteiger partial charge in [0.2, 0.25) is 0 Å². The molecule has 0 fully saturated rings. The van der Waals surface area contributed by atoms with Crippen molar-refractivity contribution in [1.82, 2.24) is 0 Å². The van der Waals surface area contributed by atoms with Crippen LogP contribution in [-0.4, -0.2) is 22.0 Å². The van der Waals surface area contributed by atoms with E-state index in [0.29, 0.717) is 5.56 Å². The Balaban J connectivity index is 3.21. The van der Waals surface area contributed by atoms with E-state index in [-0.39, 0.29) is 5.71 Å². The van der Waals surface area contributed by atoms with Gasteiger partial charge in [-0.1, -0.05) is 29.4 Å². The summed E-state index contributed by atoms with van der Waals surface area (Å²) >= 11 is 0. The Labute approximate surface area is 75.1 Å². The summed E-state index contributed by atoms with van der Waals surface area (Å²) in [5.41, 5.74) is 0.855. The molecule has 0 bridgehead atoms. The first kappa shape index (κ1) is 9.25. The number of oxime groups is 1. The highest BCUT2D eigenvalue weighted by Crippen LogP contribution is 2.08. The van der Waals surface area contributed by atoms with Crippen molar-refractivity contribution in [3.8, 4) is 0 Å². The van der Waals surface area contributed by atoms with Crippen molar-refractivity contribution in [2.75, 3.05) is 0 Å². The molecule has 0 unspecified atom stereocenters. The van der Waals surface area contributed by atoms with Crippen LogP contribution in [0.25, 0.3) is 0 Å². The molecule has 2 N–H and O–H groups in total. The van der Waals surface area contributed by atoms with E-state index in [2.05, 4.69) is 5.16 Å². The maximum Gasteiger partial charge on any atom is 0.358 e. The fraction of sp³-hybridized carbons (Fsp3) is 0.111. The molecule has 4 heteroatoms. The van der Waals surface area contributed by atoms with Gasteiger partial charge in [-0.2, -0.15) is 0 Å². The minimum atomic E-state index is -1.24. The molecule has 0 saturated heterocycles. The molecule has 0 saturated carbocycles. The Morgan fingerprint density at radius 2 is 2.00 bits per heavy atom. The summed E-state index contributed by atoms with van der Waals surface area (Å²) in [6, 6.07) is 6.83. The minimum Gasteiger partial charge on any atom is -0.476 e. The zero-order valence-electron chi connectivity index (χ0n) is 7.06. The third kappa shape index (κ3) is 1.84. The van der Waals surface area contributed by atoms with Gasteiger partial charge >= 0.3 is 5.97 Å². The van der Waals surface area contributed by atoms with E-state index in [1.165, 1.54) is 0 Å². The predicted octanol–water partition coefficient (Wildman–Crippen LogP) is 1.26. The average molecular weight is 179 g/mol. The summed E-state index contributed by atoms with van der Waals surface area (Å²) in [5, 5.41) is 19.9. The lowest BCUT2D eigenvalue weighted by molar-refractivity contribution is -0.129. The smallest absolute Gasteiger partial charge is 0.358 e. The lowest BCUT2D eigenvalue weighted by Gasteiger charge is -2.02. The Bertz CT molecular complexity index is 358. The number of hydrogen-bond acceptors (Lipinski definition) is 3. The summed E-state index contributed by atoms with van der Waals surface area (Å²) in [4.78, 5) is 10.6. The highest BCUT2D eigenvalue weighted by Gasteiger charge is 2.14. The average Bonchev–Trinajstić information content (AvgIpc) is 2.09. The van der Waals surface area contributed by atoms with Crippen molar-refractivity contribution in [2.45, 2.75) is 6.92 Å². The standard InChI is InChI=1S/C9H9NO3/c1-6-4-2-3-5-7(6)8(10-13)9(11)12/h2-5,13H,1H3,(H,11,12)/b10-8+. The Morgan fingerprint density at radius 3 is 2.46 bits per heavy atom. The third-order valence-corrected chi connectivity index (χ3v) is 1.70. The molecule has 0 aliphatic heterocycles. The SMILES string of the molecule is Cc1ccccc1/C(=N\O)C(=O)O. The molecule has 0 radical (unpaired) electrons. The summed E-state index contributed by atoms with van der Waals surface area (Å²) in [7, 11) is 0. The van der Waals surface area contributed by atoms with Gasteiger partial charge in [-0.25, -0.2) is 4.79 Å². The first-order valence-electron chi connectivity index (χ1n) is 3.68. The number of carboxylic acids is 1. The first-order chi connectivity index (χ1) is 6.16. The molecule has 0 heterocycles. The largest absolute Gasteiger partial charge is 0.476 e. The van der Waals surface area contributed by atoms with Gasteiger partial charge in [-0.3, -0.25) is 0 Å². The number of nitrogens with zero attached hydrogens (tertiary/aromatic N) is 1. The number of carboxylic acid groups (broad SMARTS) is 1. The van der Waals surface area contributed by atoms with E-state index < -0.39 is 5.97 Å². The number of carbonyl (C=O) groups is 1. The molecular formula is C9H9NO3. The Morgan fingerprint density at radius 1 is 1.38 bits per heavy atom. The Hall–Kier alpha value is -1.84. The van der Waals surface area contributed by atoms with E-state index in [0.717, 1.165) is 5.56 Å². The predicted molar refractivity (Wildman–Crippen MR) is 47.1 cm³/mol. The van der Waals surface area contributed by atoms with Crippen molar-refractivity contribution < 1.29 is 15.1 Å². The second-order valence-corrected chi connectivity index (χ2v) is 2.57. The zero-order valence-corrected chi connectivity index (χ0v) is 7.06. The molecule has 13 heavy (non-hydrogen) atoms. The van der Waals surface area contributed by atoms with Gasteiger partial charge in [0.1, 0.15) is 0 Å². The van der Waals surface area contributed by atoms with Crippen LogP contribution in [0, 0.1) is 6.92 Å². The van der Waals surface area contributed by atoms with Crippen molar-refractivity contribution in [3.63, 3.8) is 0 Å². The van der Waals surface area contributed by atoms with Crippen LogP contribution in [0.3, 0.4) is 0 Å². The van der Waals surface area contributed by atoms with Crippen LogP contribution >= 0.6 is 0 Å². The zero-order chi connectivity index (χ0) is 9.84. The third-order valence-electron chi connectivity index (χ3n) is 1.70. The van der Waals surface area contributed by atoms with Crippen LogP contribution in [0.4, 0.5) is 0 Å². The molecule has 0 aliphatic carbocycles. The van der Waals surface area contributed by atoms with Crippen molar-refractivity contribution in [2.24, 2.45) is 5.16 Å². The lowest BCUT2D eigenvalue weighted by atomic mass is 10.0. The van der Waals surface area contributed by atoms with Gasteiger partial charge in [0.05, 0.1) is 0 Å². The fourth-order valence-electron chi connectivity index (χ4n) is 1.05. The molecule has 4 nitrogen and oxygen atoms in total. The maximum absolute atomic E-state index is 10.6. The molecule has 1 aromatic carbocycles. The highest BCUT2D eigenvalue weighted by molar-refractivity contribution is 6.42. The molecule has 0 atom stereocenters. The molecule has 0 amide bonds.